The number of hydrogen-bond acceptors (Lipinski definition) is 2. The summed E-state index contributed by atoms with van der Waals surface area (Å²) < 4.78 is 11.9. The Morgan fingerprint density at radius 3 is 2.09 bits per heavy atom. The molecule has 0 aromatic carbocycles. The van der Waals surface area contributed by atoms with Crippen molar-refractivity contribution in [3.05, 3.63) is 0 Å². The van der Waals surface area contributed by atoms with Crippen molar-refractivity contribution in [2.24, 2.45) is 0 Å². The van der Waals surface area contributed by atoms with Gasteiger partial charge in [0.2, 0.25) is 0 Å². The zero-order valence-corrected chi connectivity index (χ0v) is 7.56. The first-order valence-corrected chi connectivity index (χ1v) is 4.05. The van der Waals surface area contributed by atoms with E-state index in [2.05, 4.69) is 5.32 Å². The normalized spacial score (nSPS) is 20.5. The number of carbonyl (C=O) groups excluding carboxylic acids is 1. The van der Waals surface area contributed by atoms with Crippen molar-refractivity contribution in [2.45, 2.75) is 33.4 Å². The molecular weight excluding hydrogens is 145 g/mol. The molecular formula is C8H18FNO. The fourth-order valence-electron chi connectivity index (χ4n) is 0.619. The molecule has 1 atom stereocenters. The smallest absolute Gasteiger partial charge is 0.116 e. The summed E-state index contributed by atoms with van der Waals surface area (Å²) in [7, 11) is 0. The summed E-state index contributed by atoms with van der Waals surface area (Å²) in [4.78, 5) is 8.81. The Bertz CT molecular complexity index is 72.5. The number of nitrogens with one attached hydrogen (secondary N) is 1. The van der Waals surface area contributed by atoms with Crippen molar-refractivity contribution >= 4 is 6.29 Å². The maximum Gasteiger partial charge on any atom is 0.116 e. The number of halogens is 1. The van der Waals surface area contributed by atoms with E-state index < -0.39 is 6.17 Å². The summed E-state index contributed by atoms with van der Waals surface area (Å²) in [5.41, 5.74) is 0. The average Bonchev–Trinajstić information content (AvgIpc) is 2.46. The second kappa shape index (κ2) is 12.3. The van der Waals surface area contributed by atoms with Crippen LogP contribution in [0, 0.1) is 0 Å². The maximum atomic E-state index is 11.9. The molecule has 0 aliphatic carbocycles. The molecule has 1 aliphatic rings. The van der Waals surface area contributed by atoms with E-state index in [-0.39, 0.29) is 0 Å². The number of alkyl halides is 1. The van der Waals surface area contributed by atoms with E-state index in [0.29, 0.717) is 13.0 Å². The number of aldehydes is 1. The van der Waals surface area contributed by atoms with Gasteiger partial charge in [-0.2, -0.15) is 0 Å². The largest absolute Gasteiger partial charge is 0.314 e. The average molecular weight is 163 g/mol. The first-order valence-electron chi connectivity index (χ1n) is 4.05. The molecule has 1 rings (SSSR count). The van der Waals surface area contributed by atoms with Crippen LogP contribution in [-0.2, 0) is 4.79 Å². The molecule has 11 heavy (non-hydrogen) atoms. The molecule has 1 unspecified atom stereocenters. The minimum Gasteiger partial charge on any atom is -0.314 e. The van der Waals surface area contributed by atoms with Crippen LogP contribution in [0.4, 0.5) is 4.39 Å². The molecule has 2 nitrogen and oxygen atoms in total. The topological polar surface area (TPSA) is 29.1 Å². The number of rotatable bonds is 0. The van der Waals surface area contributed by atoms with Gasteiger partial charge in [-0.1, -0.05) is 13.8 Å². The molecule has 0 spiro atoms. The monoisotopic (exact) mass is 163 g/mol. The van der Waals surface area contributed by atoms with Crippen LogP contribution in [0.25, 0.3) is 0 Å². The third-order valence-electron chi connectivity index (χ3n) is 1.00. The SMILES string of the molecule is CC.CC=O.FC1CCNC1. The van der Waals surface area contributed by atoms with Crippen LogP contribution in [0.3, 0.4) is 0 Å². The Labute approximate surface area is 68.2 Å². The highest BCUT2D eigenvalue weighted by Gasteiger charge is 2.10. The van der Waals surface area contributed by atoms with Crippen LogP contribution >= 0.6 is 0 Å². The van der Waals surface area contributed by atoms with E-state index in [0.717, 1.165) is 12.8 Å². The lowest BCUT2D eigenvalue weighted by atomic mass is 10.4. The molecule has 0 aromatic heterocycles. The van der Waals surface area contributed by atoms with Crippen molar-refractivity contribution in [3.63, 3.8) is 0 Å². The van der Waals surface area contributed by atoms with Gasteiger partial charge in [0, 0.05) is 6.54 Å². The Kier molecular flexibility index (Phi) is 14.7. The van der Waals surface area contributed by atoms with Gasteiger partial charge < -0.3 is 10.1 Å². The highest BCUT2D eigenvalue weighted by molar-refractivity contribution is 5.44. The highest BCUT2D eigenvalue weighted by atomic mass is 19.1. The van der Waals surface area contributed by atoms with E-state index in [1.165, 1.54) is 6.92 Å². The standard InChI is InChI=1S/C4H8FN.C2H4O.C2H6/c5-4-1-2-6-3-4;1-2-3;1-2/h4,6H,1-3H2;2H,1H3;1-2H3. The summed E-state index contributed by atoms with van der Waals surface area (Å²) in [6.45, 7) is 6.88. The Balaban J connectivity index is 0. The van der Waals surface area contributed by atoms with Crippen molar-refractivity contribution in [1.29, 1.82) is 0 Å². The van der Waals surface area contributed by atoms with Crippen LogP contribution in [0.15, 0.2) is 0 Å². The predicted octanol–water partition coefficient (Wildman–Crippen LogP) is 1.55. The molecule has 0 bridgehead atoms. The number of carbonyl (C=O) groups is 1. The van der Waals surface area contributed by atoms with Gasteiger partial charge in [0.1, 0.15) is 12.5 Å². The molecule has 3 heteroatoms. The Hall–Kier alpha value is -0.440. The van der Waals surface area contributed by atoms with Gasteiger partial charge in [0.15, 0.2) is 0 Å². The first-order chi connectivity index (χ1) is 5.31. The Morgan fingerprint density at radius 1 is 1.55 bits per heavy atom. The van der Waals surface area contributed by atoms with Gasteiger partial charge >= 0.3 is 0 Å². The quantitative estimate of drug-likeness (QED) is 0.549. The van der Waals surface area contributed by atoms with Crippen LogP contribution in [0.1, 0.15) is 27.2 Å². The zero-order chi connectivity index (χ0) is 9.11. The molecule has 1 aliphatic heterocycles. The third kappa shape index (κ3) is 12.7. The summed E-state index contributed by atoms with van der Waals surface area (Å²) in [5.74, 6) is 0. The van der Waals surface area contributed by atoms with Gasteiger partial charge in [0.05, 0.1) is 0 Å². The first kappa shape index (κ1) is 13.2. The second-order valence-electron chi connectivity index (χ2n) is 1.83. The molecule has 0 aromatic rings. The van der Waals surface area contributed by atoms with Gasteiger partial charge in [-0.25, -0.2) is 4.39 Å². The van der Waals surface area contributed by atoms with Crippen molar-refractivity contribution in [1.82, 2.24) is 5.32 Å². The van der Waals surface area contributed by atoms with E-state index >= 15 is 0 Å². The Morgan fingerprint density at radius 2 is 2.00 bits per heavy atom. The van der Waals surface area contributed by atoms with Crippen LogP contribution in [-0.4, -0.2) is 25.5 Å². The fraction of sp³-hybridized carbons (Fsp3) is 0.875. The third-order valence-corrected chi connectivity index (χ3v) is 1.00. The van der Waals surface area contributed by atoms with Crippen LogP contribution in [0.2, 0.25) is 0 Å². The van der Waals surface area contributed by atoms with Crippen molar-refractivity contribution < 1.29 is 9.18 Å². The van der Waals surface area contributed by atoms with Crippen LogP contribution < -0.4 is 5.32 Å². The van der Waals surface area contributed by atoms with E-state index in [4.69, 9.17) is 4.79 Å². The maximum absolute atomic E-state index is 11.9. The minimum absolute atomic E-state index is 0.565. The fourth-order valence-corrected chi connectivity index (χ4v) is 0.619. The van der Waals surface area contributed by atoms with Crippen molar-refractivity contribution in [3.8, 4) is 0 Å². The van der Waals surface area contributed by atoms with Gasteiger partial charge in [-0.15, -0.1) is 0 Å². The molecule has 0 amide bonds. The van der Waals surface area contributed by atoms with Gasteiger partial charge in [-0.05, 0) is 19.9 Å². The zero-order valence-electron chi connectivity index (χ0n) is 7.56. The van der Waals surface area contributed by atoms with Crippen LogP contribution in [0.5, 0.6) is 0 Å². The van der Waals surface area contributed by atoms with E-state index in [1.54, 1.807) is 0 Å². The molecule has 0 saturated carbocycles. The lowest BCUT2D eigenvalue weighted by Crippen LogP contribution is -2.08. The summed E-state index contributed by atoms with van der Waals surface area (Å²) in [6, 6.07) is 0. The number of hydrogen-bond donors (Lipinski definition) is 1. The van der Waals surface area contributed by atoms with E-state index in [1.807, 2.05) is 13.8 Å². The van der Waals surface area contributed by atoms with Crippen molar-refractivity contribution in [2.75, 3.05) is 13.1 Å². The lowest BCUT2D eigenvalue weighted by molar-refractivity contribution is -0.106. The van der Waals surface area contributed by atoms with E-state index in [9.17, 15) is 4.39 Å². The summed E-state index contributed by atoms with van der Waals surface area (Å²) >= 11 is 0. The highest BCUT2D eigenvalue weighted by Crippen LogP contribution is 1.99. The predicted molar refractivity (Wildman–Crippen MR) is 45.5 cm³/mol. The summed E-state index contributed by atoms with van der Waals surface area (Å²) in [5, 5.41) is 2.90. The lowest BCUT2D eigenvalue weighted by Gasteiger charge is -1.86. The molecule has 1 fully saturated rings. The molecule has 1 saturated heterocycles. The van der Waals surface area contributed by atoms with Gasteiger partial charge in [-0.3, -0.25) is 0 Å². The minimum atomic E-state index is -0.565. The molecule has 1 heterocycles. The second-order valence-corrected chi connectivity index (χ2v) is 1.83. The molecule has 68 valence electrons. The molecule has 1 N–H and O–H groups in total. The van der Waals surface area contributed by atoms with Gasteiger partial charge in [0.25, 0.3) is 0 Å². The molecule has 0 radical (unpaired) electrons. The summed E-state index contributed by atoms with van der Waals surface area (Å²) in [6.07, 6.45) is 0.894.